The van der Waals surface area contributed by atoms with Crippen LogP contribution in [0.15, 0.2) is 54.6 Å². The molecule has 3 atom stereocenters. The predicted molar refractivity (Wildman–Crippen MR) is 108 cm³/mol. The number of para-hydroxylation sites is 1. The molecule has 26 heavy (non-hydrogen) atoms. The van der Waals surface area contributed by atoms with Gasteiger partial charge in [0.15, 0.2) is 11.6 Å². The average molecular weight is 369 g/mol. The highest BCUT2D eigenvalue weighted by Gasteiger charge is 2.22. The maximum atomic E-state index is 12.3. The van der Waals surface area contributed by atoms with Crippen LogP contribution >= 0.6 is 11.3 Å². The van der Waals surface area contributed by atoms with Gasteiger partial charge in [0.25, 0.3) is 5.91 Å². The Hall–Kier alpha value is -2.24. The fourth-order valence-corrected chi connectivity index (χ4v) is 4.03. The number of hydrogen-bond donors (Lipinski definition) is 2. The minimum atomic E-state index is 0.0817. The first kappa shape index (κ1) is 18.5. The van der Waals surface area contributed by atoms with Crippen LogP contribution in [-0.4, -0.2) is 31.0 Å². The Kier molecular flexibility index (Phi) is 6.01. The van der Waals surface area contributed by atoms with Gasteiger partial charge in [-0.15, -0.1) is 11.3 Å². The first-order valence-corrected chi connectivity index (χ1v) is 9.85. The van der Waals surface area contributed by atoms with Gasteiger partial charge in [-0.25, -0.2) is 4.98 Å². The fourth-order valence-electron chi connectivity index (χ4n) is 2.92. The van der Waals surface area contributed by atoms with E-state index in [9.17, 15) is 4.79 Å². The van der Waals surface area contributed by atoms with Crippen molar-refractivity contribution >= 4 is 27.5 Å². The third-order valence-electron chi connectivity index (χ3n) is 4.83. The SMILES string of the molecule is C[C@@H](CNC(=O)C[NH+](C)[C@@H](C)c1nc2ccccc2s1)c1ccccc1. The maximum Gasteiger partial charge on any atom is 0.275 e. The van der Waals surface area contributed by atoms with Crippen molar-refractivity contribution in [3.8, 4) is 0 Å². The number of rotatable bonds is 7. The van der Waals surface area contributed by atoms with Crippen LogP contribution in [0.2, 0.25) is 0 Å². The Morgan fingerprint density at radius 3 is 2.54 bits per heavy atom. The van der Waals surface area contributed by atoms with Gasteiger partial charge in [0.05, 0.1) is 17.3 Å². The zero-order valence-corrected chi connectivity index (χ0v) is 16.3. The van der Waals surface area contributed by atoms with Crippen LogP contribution in [-0.2, 0) is 4.79 Å². The molecular weight excluding hydrogens is 342 g/mol. The summed E-state index contributed by atoms with van der Waals surface area (Å²) in [6.45, 7) is 5.37. The summed E-state index contributed by atoms with van der Waals surface area (Å²) in [6, 6.07) is 18.6. The Bertz CT molecular complexity index is 829. The smallest absolute Gasteiger partial charge is 0.275 e. The Morgan fingerprint density at radius 1 is 1.12 bits per heavy atom. The summed E-state index contributed by atoms with van der Waals surface area (Å²) in [5.74, 6) is 0.389. The number of carbonyl (C=O) groups is 1. The Labute approximate surface area is 158 Å². The van der Waals surface area contributed by atoms with E-state index in [2.05, 4.69) is 44.4 Å². The van der Waals surface area contributed by atoms with Gasteiger partial charge < -0.3 is 10.2 Å². The van der Waals surface area contributed by atoms with Crippen molar-refractivity contribution in [3.05, 3.63) is 65.2 Å². The highest BCUT2D eigenvalue weighted by atomic mass is 32.1. The lowest BCUT2D eigenvalue weighted by Gasteiger charge is -2.20. The van der Waals surface area contributed by atoms with E-state index < -0.39 is 0 Å². The first-order chi connectivity index (χ1) is 12.5. The summed E-state index contributed by atoms with van der Waals surface area (Å²) in [4.78, 5) is 18.2. The molecule has 1 heterocycles. The number of fused-ring (bicyclic) bond motifs is 1. The number of thiazole rings is 1. The molecule has 2 N–H and O–H groups in total. The molecular formula is C21H26N3OS+. The molecule has 0 bridgehead atoms. The quantitative estimate of drug-likeness (QED) is 0.674. The summed E-state index contributed by atoms with van der Waals surface area (Å²) < 4.78 is 1.20. The minimum Gasteiger partial charge on any atom is -0.351 e. The van der Waals surface area contributed by atoms with Gasteiger partial charge in [0.1, 0.15) is 6.04 Å². The molecule has 0 aliphatic carbocycles. The van der Waals surface area contributed by atoms with Gasteiger partial charge in [0, 0.05) is 6.54 Å². The molecule has 2 aromatic carbocycles. The van der Waals surface area contributed by atoms with E-state index in [1.165, 1.54) is 10.3 Å². The van der Waals surface area contributed by atoms with Gasteiger partial charge >= 0.3 is 0 Å². The number of likely N-dealkylation sites (N-methyl/N-ethyl adjacent to an activating group) is 1. The normalized spacial score (nSPS) is 14.7. The zero-order valence-electron chi connectivity index (χ0n) is 15.5. The summed E-state index contributed by atoms with van der Waals surface area (Å²) in [6.07, 6.45) is 0. The van der Waals surface area contributed by atoms with Crippen LogP contribution < -0.4 is 10.2 Å². The number of aromatic nitrogens is 1. The number of nitrogens with one attached hydrogen (secondary N) is 2. The monoisotopic (exact) mass is 368 g/mol. The predicted octanol–water partition coefficient (Wildman–Crippen LogP) is 2.79. The maximum absolute atomic E-state index is 12.3. The largest absolute Gasteiger partial charge is 0.351 e. The standard InChI is InChI=1S/C21H25N3OS/c1-15(17-9-5-4-6-10-17)13-22-20(25)14-24(3)16(2)21-23-18-11-7-8-12-19(18)26-21/h4-12,15-16H,13-14H2,1-3H3,(H,22,25)/p+1/t15-,16-/m0/s1. The third kappa shape index (κ3) is 4.48. The molecule has 3 rings (SSSR count). The van der Waals surface area contributed by atoms with Crippen LogP contribution in [0.3, 0.4) is 0 Å². The molecule has 4 nitrogen and oxygen atoms in total. The van der Waals surface area contributed by atoms with E-state index in [-0.39, 0.29) is 11.9 Å². The van der Waals surface area contributed by atoms with Gasteiger partial charge in [-0.3, -0.25) is 4.79 Å². The van der Waals surface area contributed by atoms with E-state index in [0.29, 0.717) is 19.0 Å². The first-order valence-electron chi connectivity index (χ1n) is 9.04. The highest BCUT2D eigenvalue weighted by Crippen LogP contribution is 2.24. The molecule has 136 valence electrons. The topological polar surface area (TPSA) is 46.4 Å². The lowest BCUT2D eigenvalue weighted by atomic mass is 10.0. The minimum absolute atomic E-state index is 0.0817. The number of amides is 1. The second kappa shape index (κ2) is 8.43. The second-order valence-corrected chi connectivity index (χ2v) is 7.94. The van der Waals surface area contributed by atoms with Gasteiger partial charge in [0.2, 0.25) is 0 Å². The molecule has 0 fully saturated rings. The van der Waals surface area contributed by atoms with E-state index in [1.807, 2.05) is 36.4 Å². The van der Waals surface area contributed by atoms with Crippen molar-refractivity contribution in [2.45, 2.75) is 25.8 Å². The zero-order chi connectivity index (χ0) is 18.5. The van der Waals surface area contributed by atoms with Crippen LogP contribution in [0.1, 0.15) is 36.4 Å². The molecule has 0 spiro atoms. The molecule has 3 aromatic rings. The molecule has 1 amide bonds. The van der Waals surface area contributed by atoms with E-state index >= 15 is 0 Å². The summed E-state index contributed by atoms with van der Waals surface area (Å²) in [5.41, 5.74) is 2.28. The lowest BCUT2D eigenvalue weighted by Crippen LogP contribution is -3.10. The van der Waals surface area contributed by atoms with Crippen molar-refractivity contribution in [3.63, 3.8) is 0 Å². The van der Waals surface area contributed by atoms with Crippen molar-refractivity contribution < 1.29 is 9.69 Å². The molecule has 1 unspecified atom stereocenters. The van der Waals surface area contributed by atoms with Crippen LogP contribution in [0, 0.1) is 0 Å². The third-order valence-corrected chi connectivity index (χ3v) is 6.05. The average Bonchev–Trinajstić information content (AvgIpc) is 3.10. The lowest BCUT2D eigenvalue weighted by molar-refractivity contribution is -0.902. The molecule has 0 radical (unpaired) electrons. The number of benzene rings is 2. The molecule has 0 saturated carbocycles. The van der Waals surface area contributed by atoms with Crippen molar-refractivity contribution in [2.24, 2.45) is 0 Å². The van der Waals surface area contributed by atoms with Gasteiger partial charge in [-0.1, -0.05) is 49.4 Å². The van der Waals surface area contributed by atoms with Gasteiger partial charge in [-0.05, 0) is 30.5 Å². The van der Waals surface area contributed by atoms with E-state index in [4.69, 9.17) is 4.98 Å². The highest BCUT2D eigenvalue weighted by molar-refractivity contribution is 7.18. The van der Waals surface area contributed by atoms with Crippen molar-refractivity contribution in [2.75, 3.05) is 20.1 Å². The van der Waals surface area contributed by atoms with Gasteiger partial charge in [-0.2, -0.15) is 0 Å². The summed E-state index contributed by atoms with van der Waals surface area (Å²) in [5, 5.41) is 4.15. The molecule has 0 saturated heterocycles. The Morgan fingerprint density at radius 2 is 1.81 bits per heavy atom. The van der Waals surface area contributed by atoms with Crippen molar-refractivity contribution in [1.29, 1.82) is 0 Å². The number of quaternary nitrogens is 1. The molecule has 0 aliphatic rings. The second-order valence-electron chi connectivity index (χ2n) is 6.88. The van der Waals surface area contributed by atoms with Crippen LogP contribution in [0.25, 0.3) is 10.2 Å². The molecule has 1 aromatic heterocycles. The van der Waals surface area contributed by atoms with Crippen LogP contribution in [0.5, 0.6) is 0 Å². The van der Waals surface area contributed by atoms with E-state index in [1.54, 1.807) is 11.3 Å². The van der Waals surface area contributed by atoms with Crippen LogP contribution in [0.4, 0.5) is 0 Å². The van der Waals surface area contributed by atoms with Crippen molar-refractivity contribution in [1.82, 2.24) is 10.3 Å². The fraction of sp³-hybridized carbons (Fsp3) is 0.333. The summed E-state index contributed by atoms with van der Waals surface area (Å²) >= 11 is 1.71. The Balaban J connectivity index is 1.53. The number of carbonyl (C=O) groups excluding carboxylic acids is 1. The summed E-state index contributed by atoms with van der Waals surface area (Å²) in [7, 11) is 2.05. The molecule has 5 heteroatoms. The number of hydrogen-bond acceptors (Lipinski definition) is 3. The number of nitrogens with zero attached hydrogens (tertiary/aromatic N) is 1. The molecule has 0 aliphatic heterocycles. The van der Waals surface area contributed by atoms with E-state index in [0.717, 1.165) is 15.4 Å².